The van der Waals surface area contributed by atoms with Gasteiger partial charge in [0, 0.05) is 43.9 Å². The maximum atomic E-state index is 6.93. The van der Waals surface area contributed by atoms with E-state index in [9.17, 15) is 0 Å². The predicted molar refractivity (Wildman–Crippen MR) is 251 cm³/mol. The van der Waals surface area contributed by atoms with Crippen LogP contribution in [0.4, 0.5) is 0 Å². The molecule has 0 N–H and O–H groups in total. The van der Waals surface area contributed by atoms with Gasteiger partial charge in [-0.15, -0.1) is 0 Å². The Bertz CT molecular complexity index is 3720. The molecule has 2 aliphatic carbocycles. The highest BCUT2D eigenvalue weighted by Gasteiger charge is 2.41. The zero-order valence-corrected chi connectivity index (χ0v) is 34.3. The molecular formula is C57H39N3O. The summed E-state index contributed by atoms with van der Waals surface area (Å²) in [5, 5.41) is 9.25. The van der Waals surface area contributed by atoms with Crippen LogP contribution in [0.1, 0.15) is 49.9 Å². The normalized spacial score (nSPS) is 14.5. The topological polar surface area (TPSA) is 51.8 Å². The van der Waals surface area contributed by atoms with Crippen LogP contribution in [-0.4, -0.2) is 15.0 Å². The number of hydrogen-bond acceptors (Lipinski definition) is 4. The standard InChI is InChI=1S/C57H39N3O/c1-56(2)44-22-12-10-20-39(44)50-46(56)31-43(49-40-21-11-14-24-47(40)61-52(49)50)55-59-53(35-26-25-32-15-5-6-17-34(32)29-35)58-54(60-55)42-30-41-36-18-8-7-16-33(36)27-28-37(41)51-48(42)38-19-9-13-23-45(38)57(51,3)4/h5-31H,1-4H3. The van der Waals surface area contributed by atoms with Gasteiger partial charge in [-0.3, -0.25) is 0 Å². The minimum absolute atomic E-state index is 0.262. The smallest absolute Gasteiger partial charge is 0.164 e. The summed E-state index contributed by atoms with van der Waals surface area (Å²) in [7, 11) is 0. The molecule has 9 aromatic carbocycles. The molecule has 0 aliphatic heterocycles. The van der Waals surface area contributed by atoms with Crippen LogP contribution < -0.4 is 0 Å². The number of fused-ring (bicyclic) bond motifs is 15. The number of nitrogens with zero attached hydrogens (tertiary/aromatic N) is 3. The molecule has 4 heteroatoms. The maximum absolute atomic E-state index is 6.93. The lowest BCUT2D eigenvalue weighted by molar-refractivity contribution is 0.653. The minimum Gasteiger partial charge on any atom is -0.455 e. The van der Waals surface area contributed by atoms with Gasteiger partial charge in [-0.1, -0.05) is 167 Å². The molecular weight excluding hydrogens is 743 g/mol. The highest BCUT2D eigenvalue weighted by atomic mass is 16.3. The number of para-hydroxylation sites is 1. The van der Waals surface area contributed by atoms with Gasteiger partial charge >= 0.3 is 0 Å². The Kier molecular flexibility index (Phi) is 6.82. The van der Waals surface area contributed by atoms with Gasteiger partial charge in [0.25, 0.3) is 0 Å². The van der Waals surface area contributed by atoms with Crippen LogP contribution in [0, 0.1) is 0 Å². The first-order valence-electron chi connectivity index (χ1n) is 21.2. The first-order chi connectivity index (χ1) is 29.8. The zero-order valence-electron chi connectivity index (χ0n) is 34.3. The largest absolute Gasteiger partial charge is 0.455 e. The van der Waals surface area contributed by atoms with Gasteiger partial charge in [0.15, 0.2) is 17.5 Å². The second kappa shape index (κ2) is 12.1. The molecule has 0 spiro atoms. The first kappa shape index (κ1) is 34.4. The van der Waals surface area contributed by atoms with Crippen LogP contribution in [0.3, 0.4) is 0 Å². The molecule has 61 heavy (non-hydrogen) atoms. The quantitative estimate of drug-likeness (QED) is 0.168. The minimum atomic E-state index is -0.277. The first-order valence-corrected chi connectivity index (χ1v) is 21.2. The summed E-state index contributed by atoms with van der Waals surface area (Å²) >= 11 is 0. The van der Waals surface area contributed by atoms with Crippen molar-refractivity contribution in [3.8, 4) is 56.4 Å². The summed E-state index contributed by atoms with van der Waals surface area (Å²) in [5.41, 5.74) is 13.9. The van der Waals surface area contributed by atoms with Crippen molar-refractivity contribution < 1.29 is 4.42 Å². The third-order valence-corrected chi connectivity index (χ3v) is 13.9. The van der Waals surface area contributed by atoms with Crippen LogP contribution in [0.25, 0.3) is 111 Å². The molecule has 4 nitrogen and oxygen atoms in total. The van der Waals surface area contributed by atoms with E-state index in [4.69, 9.17) is 19.4 Å². The van der Waals surface area contributed by atoms with Crippen molar-refractivity contribution in [3.63, 3.8) is 0 Å². The van der Waals surface area contributed by atoms with E-state index in [2.05, 4.69) is 185 Å². The van der Waals surface area contributed by atoms with E-state index in [1.165, 1.54) is 65.9 Å². The molecule has 0 saturated heterocycles. The summed E-state index contributed by atoms with van der Waals surface area (Å²) in [5.74, 6) is 1.90. The number of rotatable bonds is 3. The van der Waals surface area contributed by atoms with Gasteiger partial charge in [0.2, 0.25) is 0 Å². The molecule has 2 heterocycles. The monoisotopic (exact) mass is 781 g/mol. The van der Waals surface area contributed by atoms with Crippen molar-refractivity contribution in [1.29, 1.82) is 0 Å². The van der Waals surface area contributed by atoms with E-state index in [0.717, 1.165) is 49.6 Å². The second-order valence-corrected chi connectivity index (χ2v) is 17.9. The molecule has 2 aromatic heterocycles. The number of furan rings is 1. The fraction of sp³-hybridized carbons (Fsp3) is 0.105. The van der Waals surface area contributed by atoms with E-state index < -0.39 is 0 Å². The van der Waals surface area contributed by atoms with Crippen LogP contribution in [-0.2, 0) is 10.8 Å². The lowest BCUT2D eigenvalue weighted by atomic mass is 9.79. The third kappa shape index (κ3) is 4.68. The SMILES string of the molecule is CC1(C)c2ccccc2-c2c1cc(-c1nc(-c3ccc4ccccc4c3)nc(-c3cc4c(ccc5ccccc54)c4c3-c3ccccc3C4(C)C)n1)c1c2oc2ccccc21. The molecule has 13 rings (SSSR count). The number of aromatic nitrogens is 3. The fourth-order valence-electron chi connectivity index (χ4n) is 10.9. The van der Waals surface area contributed by atoms with Gasteiger partial charge in [0.05, 0.1) is 0 Å². The highest BCUT2D eigenvalue weighted by molar-refractivity contribution is 6.18. The Hall–Kier alpha value is -7.43. The predicted octanol–water partition coefficient (Wildman–Crippen LogP) is 14.8. The summed E-state index contributed by atoms with van der Waals surface area (Å²) in [6.45, 7) is 9.36. The van der Waals surface area contributed by atoms with Crippen molar-refractivity contribution in [1.82, 2.24) is 15.0 Å². The third-order valence-electron chi connectivity index (χ3n) is 13.9. The van der Waals surface area contributed by atoms with Gasteiger partial charge in [-0.05, 0) is 95.5 Å². The summed E-state index contributed by atoms with van der Waals surface area (Å²) in [6, 6.07) is 59.0. The van der Waals surface area contributed by atoms with E-state index in [1.54, 1.807) is 0 Å². The van der Waals surface area contributed by atoms with E-state index in [-0.39, 0.29) is 10.8 Å². The molecule has 11 aromatic rings. The van der Waals surface area contributed by atoms with E-state index >= 15 is 0 Å². The highest BCUT2D eigenvalue weighted by Crippen LogP contribution is 2.57. The Balaban J connectivity index is 1.18. The molecule has 0 radical (unpaired) electrons. The molecule has 0 saturated carbocycles. The Morgan fingerprint density at radius 1 is 0.393 bits per heavy atom. The van der Waals surface area contributed by atoms with Crippen LogP contribution >= 0.6 is 0 Å². The van der Waals surface area contributed by atoms with Gasteiger partial charge in [-0.25, -0.2) is 15.0 Å². The lowest BCUT2D eigenvalue weighted by Crippen LogP contribution is -2.15. The summed E-state index contributed by atoms with van der Waals surface area (Å²) in [6.07, 6.45) is 0. The zero-order chi connectivity index (χ0) is 40.8. The van der Waals surface area contributed by atoms with E-state index in [1.807, 2.05) is 6.07 Å². The molecule has 0 bridgehead atoms. The van der Waals surface area contributed by atoms with Gasteiger partial charge in [0.1, 0.15) is 11.2 Å². The van der Waals surface area contributed by atoms with Crippen molar-refractivity contribution in [3.05, 3.63) is 186 Å². The molecule has 2 aliphatic rings. The Morgan fingerprint density at radius 3 is 1.80 bits per heavy atom. The van der Waals surface area contributed by atoms with Crippen molar-refractivity contribution in [2.75, 3.05) is 0 Å². The average molecular weight is 782 g/mol. The molecule has 0 amide bonds. The van der Waals surface area contributed by atoms with E-state index in [0.29, 0.717) is 17.5 Å². The summed E-state index contributed by atoms with van der Waals surface area (Å²) in [4.78, 5) is 16.6. The molecule has 0 unspecified atom stereocenters. The molecule has 288 valence electrons. The van der Waals surface area contributed by atoms with Gasteiger partial charge < -0.3 is 4.42 Å². The number of hydrogen-bond donors (Lipinski definition) is 0. The average Bonchev–Trinajstić information content (AvgIpc) is 3.88. The van der Waals surface area contributed by atoms with Crippen molar-refractivity contribution in [2.24, 2.45) is 0 Å². The van der Waals surface area contributed by atoms with Crippen LogP contribution in [0.15, 0.2) is 168 Å². The van der Waals surface area contributed by atoms with Crippen molar-refractivity contribution in [2.45, 2.75) is 38.5 Å². The summed E-state index contributed by atoms with van der Waals surface area (Å²) < 4.78 is 6.93. The Morgan fingerprint density at radius 2 is 1.00 bits per heavy atom. The van der Waals surface area contributed by atoms with Crippen LogP contribution in [0.5, 0.6) is 0 Å². The maximum Gasteiger partial charge on any atom is 0.164 e. The molecule has 0 fully saturated rings. The number of benzene rings is 9. The molecule has 0 atom stereocenters. The fourth-order valence-corrected chi connectivity index (χ4v) is 10.9. The lowest BCUT2D eigenvalue weighted by Gasteiger charge is -2.24. The van der Waals surface area contributed by atoms with Crippen molar-refractivity contribution >= 4 is 54.3 Å². The second-order valence-electron chi connectivity index (χ2n) is 17.9. The Labute approximate surface area is 353 Å². The van der Waals surface area contributed by atoms with Gasteiger partial charge in [-0.2, -0.15) is 0 Å². The van der Waals surface area contributed by atoms with Crippen LogP contribution in [0.2, 0.25) is 0 Å².